The smallest absolute Gasteiger partial charge is 0.305 e. The third-order valence-electron chi connectivity index (χ3n) is 3.65. The van der Waals surface area contributed by atoms with E-state index in [1.165, 1.54) is 17.7 Å². The van der Waals surface area contributed by atoms with Gasteiger partial charge in [0.15, 0.2) is 0 Å². The molecule has 1 unspecified atom stereocenters. The lowest BCUT2D eigenvalue weighted by molar-refractivity contribution is 0.594. The Balaban J connectivity index is 1.89. The van der Waals surface area contributed by atoms with Crippen LogP contribution < -0.4 is 4.87 Å². The van der Waals surface area contributed by atoms with E-state index in [2.05, 4.69) is 15.1 Å². The number of hydrogen-bond donors (Lipinski definition) is 1. The predicted molar refractivity (Wildman–Crippen MR) is 91.2 cm³/mol. The van der Waals surface area contributed by atoms with E-state index >= 15 is 0 Å². The molecule has 2 heterocycles. The Kier molecular flexibility index (Phi) is 3.48. The van der Waals surface area contributed by atoms with Crippen LogP contribution in [0.2, 0.25) is 5.02 Å². The topological polar surface area (TPSA) is 63.6 Å². The fourth-order valence-corrected chi connectivity index (χ4v) is 3.54. The summed E-state index contributed by atoms with van der Waals surface area (Å²) in [7, 11) is 0. The quantitative estimate of drug-likeness (QED) is 0.620. The van der Waals surface area contributed by atoms with Gasteiger partial charge in [0.1, 0.15) is 18.7 Å². The van der Waals surface area contributed by atoms with Crippen LogP contribution in [0.5, 0.6) is 0 Å². The Morgan fingerprint density at radius 1 is 1.13 bits per heavy atom. The molecule has 0 aliphatic heterocycles. The van der Waals surface area contributed by atoms with Crippen LogP contribution in [0.4, 0.5) is 0 Å². The summed E-state index contributed by atoms with van der Waals surface area (Å²) in [4.78, 5) is 18.3. The van der Waals surface area contributed by atoms with Crippen LogP contribution >= 0.6 is 22.9 Å². The monoisotopic (exact) mass is 342 g/mol. The normalized spacial score (nSPS) is 12.6. The molecule has 0 bridgehead atoms. The summed E-state index contributed by atoms with van der Waals surface area (Å²) in [6, 6.07) is 13.4. The number of thiazole rings is 1. The zero-order valence-corrected chi connectivity index (χ0v) is 13.4. The summed E-state index contributed by atoms with van der Waals surface area (Å²) in [6.07, 6.45) is 3.19. The summed E-state index contributed by atoms with van der Waals surface area (Å²) in [5, 5.41) is 4.97. The standard InChI is InChI=1S/C16H11ClN4OS/c17-12-4-1-10(2-5-12)15(21-9-18-8-19-21)11-3-6-13-14(7-11)23-16(22)20-13/h1-9,15H,(H,20,22). The third-order valence-corrected chi connectivity index (χ3v) is 4.74. The maximum Gasteiger partial charge on any atom is 0.305 e. The van der Waals surface area contributed by atoms with Gasteiger partial charge >= 0.3 is 4.87 Å². The molecule has 114 valence electrons. The van der Waals surface area contributed by atoms with Gasteiger partial charge in [0.2, 0.25) is 0 Å². The summed E-state index contributed by atoms with van der Waals surface area (Å²) >= 11 is 7.20. The van der Waals surface area contributed by atoms with Crippen molar-refractivity contribution in [3.63, 3.8) is 0 Å². The van der Waals surface area contributed by atoms with Crippen LogP contribution in [0.3, 0.4) is 0 Å². The zero-order valence-electron chi connectivity index (χ0n) is 11.8. The van der Waals surface area contributed by atoms with E-state index in [1.807, 2.05) is 42.5 Å². The summed E-state index contributed by atoms with van der Waals surface area (Å²) in [5.41, 5.74) is 2.92. The first-order chi connectivity index (χ1) is 11.2. The maximum absolute atomic E-state index is 11.5. The van der Waals surface area contributed by atoms with Gasteiger partial charge in [-0.05, 0) is 35.4 Å². The van der Waals surface area contributed by atoms with Crippen LogP contribution in [-0.4, -0.2) is 19.7 Å². The molecule has 5 nitrogen and oxygen atoms in total. The first kappa shape index (κ1) is 14.2. The van der Waals surface area contributed by atoms with Gasteiger partial charge in [0.05, 0.1) is 10.2 Å². The number of hydrogen-bond acceptors (Lipinski definition) is 4. The minimum atomic E-state index is -0.128. The first-order valence-corrected chi connectivity index (χ1v) is 8.12. The van der Waals surface area contributed by atoms with Gasteiger partial charge in [-0.1, -0.05) is 41.1 Å². The Morgan fingerprint density at radius 3 is 2.65 bits per heavy atom. The second-order valence-corrected chi connectivity index (χ2v) is 6.55. The van der Waals surface area contributed by atoms with E-state index in [0.717, 1.165) is 21.3 Å². The summed E-state index contributed by atoms with van der Waals surface area (Å²) in [5.74, 6) is 0. The van der Waals surface area contributed by atoms with Crippen molar-refractivity contribution < 1.29 is 0 Å². The number of H-pyrrole nitrogens is 1. The van der Waals surface area contributed by atoms with Gasteiger partial charge < -0.3 is 4.98 Å². The lowest BCUT2D eigenvalue weighted by atomic mass is 9.99. The molecular weight excluding hydrogens is 332 g/mol. The third kappa shape index (κ3) is 2.67. The molecule has 0 aliphatic rings. The van der Waals surface area contributed by atoms with E-state index in [-0.39, 0.29) is 10.9 Å². The van der Waals surface area contributed by atoms with Crippen molar-refractivity contribution >= 4 is 33.2 Å². The molecule has 4 rings (SSSR count). The minimum Gasteiger partial charge on any atom is -0.312 e. The molecule has 0 saturated heterocycles. The molecule has 0 saturated carbocycles. The number of halogens is 1. The van der Waals surface area contributed by atoms with Crippen molar-refractivity contribution in [3.8, 4) is 0 Å². The molecule has 1 atom stereocenters. The number of aromatic nitrogens is 4. The average Bonchev–Trinajstić information content (AvgIpc) is 3.18. The van der Waals surface area contributed by atoms with Gasteiger partial charge in [-0.3, -0.25) is 4.79 Å². The second-order valence-electron chi connectivity index (χ2n) is 5.10. The highest BCUT2D eigenvalue weighted by Gasteiger charge is 2.18. The van der Waals surface area contributed by atoms with Crippen LogP contribution in [0.15, 0.2) is 59.9 Å². The number of nitrogens with one attached hydrogen (secondary N) is 1. The Bertz CT molecular complexity index is 1000. The SMILES string of the molecule is O=c1[nH]c2ccc(C(c3ccc(Cl)cc3)n3cncn3)cc2s1. The summed E-state index contributed by atoms with van der Waals surface area (Å²) < 4.78 is 2.71. The zero-order chi connectivity index (χ0) is 15.8. The minimum absolute atomic E-state index is 0.0547. The lowest BCUT2D eigenvalue weighted by Gasteiger charge is -2.18. The molecule has 1 N–H and O–H groups in total. The molecule has 4 aromatic rings. The molecule has 0 amide bonds. The highest BCUT2D eigenvalue weighted by atomic mass is 35.5. The Hall–Kier alpha value is -2.44. The number of nitrogens with zero attached hydrogens (tertiary/aromatic N) is 3. The van der Waals surface area contributed by atoms with E-state index in [0.29, 0.717) is 5.02 Å². The van der Waals surface area contributed by atoms with E-state index in [9.17, 15) is 4.79 Å². The van der Waals surface area contributed by atoms with E-state index in [1.54, 1.807) is 11.0 Å². The number of fused-ring (bicyclic) bond motifs is 1. The van der Waals surface area contributed by atoms with Crippen molar-refractivity contribution in [3.05, 3.63) is 80.9 Å². The summed E-state index contributed by atoms with van der Waals surface area (Å²) in [6.45, 7) is 0. The van der Waals surface area contributed by atoms with Crippen molar-refractivity contribution in [2.45, 2.75) is 6.04 Å². The molecule has 0 radical (unpaired) electrons. The molecule has 23 heavy (non-hydrogen) atoms. The largest absolute Gasteiger partial charge is 0.312 e. The van der Waals surface area contributed by atoms with Crippen molar-refractivity contribution in [2.24, 2.45) is 0 Å². The fourth-order valence-electron chi connectivity index (χ4n) is 2.63. The van der Waals surface area contributed by atoms with E-state index < -0.39 is 0 Å². The van der Waals surface area contributed by atoms with Crippen LogP contribution in [0.25, 0.3) is 10.2 Å². The van der Waals surface area contributed by atoms with Gasteiger partial charge in [-0.15, -0.1) is 0 Å². The molecule has 2 aromatic carbocycles. The van der Waals surface area contributed by atoms with Crippen LogP contribution in [0, 0.1) is 0 Å². The number of benzene rings is 2. The molecule has 2 aromatic heterocycles. The maximum atomic E-state index is 11.5. The second kappa shape index (κ2) is 5.64. The predicted octanol–water partition coefficient (Wildman–Crippen LogP) is 3.47. The van der Waals surface area contributed by atoms with Gasteiger partial charge in [-0.2, -0.15) is 5.10 Å². The van der Waals surface area contributed by atoms with Crippen LogP contribution in [-0.2, 0) is 0 Å². The van der Waals surface area contributed by atoms with Crippen LogP contribution in [0.1, 0.15) is 17.2 Å². The van der Waals surface area contributed by atoms with E-state index in [4.69, 9.17) is 11.6 Å². The fraction of sp³-hybridized carbons (Fsp3) is 0.0625. The molecule has 0 spiro atoms. The van der Waals surface area contributed by atoms with Crippen molar-refractivity contribution in [1.82, 2.24) is 19.7 Å². The molecule has 0 fully saturated rings. The number of aromatic amines is 1. The van der Waals surface area contributed by atoms with Crippen molar-refractivity contribution in [2.75, 3.05) is 0 Å². The first-order valence-electron chi connectivity index (χ1n) is 6.93. The van der Waals surface area contributed by atoms with Gasteiger partial charge in [0.25, 0.3) is 0 Å². The van der Waals surface area contributed by atoms with Crippen molar-refractivity contribution in [1.29, 1.82) is 0 Å². The molecule has 0 aliphatic carbocycles. The lowest BCUT2D eigenvalue weighted by Crippen LogP contribution is -2.12. The molecular formula is C16H11ClN4OS. The average molecular weight is 343 g/mol. The Labute approximate surface area is 140 Å². The van der Waals surface area contributed by atoms with Gasteiger partial charge in [-0.25, -0.2) is 9.67 Å². The highest BCUT2D eigenvalue weighted by molar-refractivity contribution is 7.16. The number of rotatable bonds is 3. The highest BCUT2D eigenvalue weighted by Crippen LogP contribution is 2.29. The Morgan fingerprint density at radius 2 is 1.91 bits per heavy atom. The van der Waals surface area contributed by atoms with Gasteiger partial charge in [0, 0.05) is 5.02 Å². The molecule has 7 heteroatoms.